The molecule has 0 bridgehead atoms. The lowest BCUT2D eigenvalue weighted by Gasteiger charge is -2.18. The third kappa shape index (κ3) is 3.87. The zero-order valence-electron chi connectivity index (χ0n) is 10.4. The average Bonchev–Trinajstić information content (AvgIpc) is 2.77. The van der Waals surface area contributed by atoms with Crippen LogP contribution in [0.25, 0.3) is 0 Å². The van der Waals surface area contributed by atoms with Gasteiger partial charge in [-0.15, -0.1) is 0 Å². The van der Waals surface area contributed by atoms with Gasteiger partial charge in [0.15, 0.2) is 0 Å². The molecule has 17 heavy (non-hydrogen) atoms. The minimum atomic E-state index is -0.414. The van der Waals surface area contributed by atoms with Crippen LogP contribution in [-0.4, -0.2) is 30.8 Å². The zero-order valence-corrected chi connectivity index (χ0v) is 10.4. The van der Waals surface area contributed by atoms with E-state index in [-0.39, 0.29) is 12.6 Å². The van der Waals surface area contributed by atoms with Gasteiger partial charge in [0, 0.05) is 6.04 Å². The van der Waals surface area contributed by atoms with Crippen LogP contribution in [0.3, 0.4) is 0 Å². The molecule has 0 spiro atoms. The summed E-state index contributed by atoms with van der Waals surface area (Å²) in [6, 6.07) is 1.65. The van der Waals surface area contributed by atoms with Crippen LogP contribution in [0.4, 0.5) is 0 Å². The second-order valence-electron chi connectivity index (χ2n) is 4.21. The van der Waals surface area contributed by atoms with Crippen molar-refractivity contribution in [2.24, 2.45) is 5.92 Å². The average molecular weight is 241 g/mol. The third-order valence-corrected chi connectivity index (χ3v) is 2.61. The Kier molecular flexibility index (Phi) is 5.18. The van der Waals surface area contributed by atoms with E-state index in [1.54, 1.807) is 6.07 Å². The standard InChI is InChI=1S/C12H19NO4/c1-8(2)11(6-14)13-5-10-4-9(7-17-10)12(15)16-3/h4,7-8,11,13-14H,5-6H2,1-3H3. The summed E-state index contributed by atoms with van der Waals surface area (Å²) in [6.45, 7) is 4.59. The molecule has 0 fully saturated rings. The molecule has 0 aliphatic carbocycles. The van der Waals surface area contributed by atoms with E-state index >= 15 is 0 Å². The summed E-state index contributed by atoms with van der Waals surface area (Å²) in [6.07, 6.45) is 1.37. The van der Waals surface area contributed by atoms with Crippen LogP contribution in [0.1, 0.15) is 30.0 Å². The van der Waals surface area contributed by atoms with Crippen molar-refractivity contribution >= 4 is 5.97 Å². The Morgan fingerprint density at radius 3 is 2.82 bits per heavy atom. The van der Waals surface area contributed by atoms with Gasteiger partial charge in [-0.3, -0.25) is 0 Å². The molecule has 1 rings (SSSR count). The number of nitrogens with one attached hydrogen (secondary N) is 1. The third-order valence-electron chi connectivity index (χ3n) is 2.61. The summed E-state index contributed by atoms with van der Waals surface area (Å²) in [7, 11) is 1.33. The van der Waals surface area contributed by atoms with Crippen molar-refractivity contribution in [3.05, 3.63) is 23.7 Å². The summed E-state index contributed by atoms with van der Waals surface area (Å²) in [5.41, 5.74) is 0.398. The summed E-state index contributed by atoms with van der Waals surface area (Å²) in [4.78, 5) is 11.2. The van der Waals surface area contributed by atoms with E-state index in [0.717, 1.165) is 0 Å². The lowest BCUT2D eigenvalue weighted by Crippen LogP contribution is -2.36. The topological polar surface area (TPSA) is 71.7 Å². The number of methoxy groups -OCH3 is 1. The van der Waals surface area contributed by atoms with Crippen LogP contribution in [0.2, 0.25) is 0 Å². The first kappa shape index (κ1) is 13.7. The highest BCUT2D eigenvalue weighted by molar-refractivity contribution is 5.88. The van der Waals surface area contributed by atoms with Gasteiger partial charge in [0.25, 0.3) is 0 Å². The molecular formula is C12H19NO4. The number of rotatable bonds is 6. The van der Waals surface area contributed by atoms with E-state index in [1.807, 2.05) is 13.8 Å². The maximum absolute atomic E-state index is 11.2. The number of ether oxygens (including phenoxy) is 1. The van der Waals surface area contributed by atoms with Gasteiger partial charge in [-0.25, -0.2) is 4.79 Å². The highest BCUT2D eigenvalue weighted by atomic mass is 16.5. The Morgan fingerprint density at radius 1 is 1.59 bits per heavy atom. The molecule has 5 nitrogen and oxygen atoms in total. The Morgan fingerprint density at radius 2 is 2.29 bits per heavy atom. The normalized spacial score (nSPS) is 12.8. The second-order valence-corrected chi connectivity index (χ2v) is 4.21. The zero-order chi connectivity index (χ0) is 12.8. The van der Waals surface area contributed by atoms with Crippen LogP contribution in [-0.2, 0) is 11.3 Å². The molecule has 0 aliphatic heterocycles. The van der Waals surface area contributed by atoms with E-state index in [1.165, 1.54) is 13.4 Å². The van der Waals surface area contributed by atoms with Gasteiger partial charge < -0.3 is 19.6 Å². The fourth-order valence-corrected chi connectivity index (χ4v) is 1.44. The maximum Gasteiger partial charge on any atom is 0.341 e. The number of aliphatic hydroxyl groups excluding tert-OH is 1. The van der Waals surface area contributed by atoms with Crippen molar-refractivity contribution in [3.63, 3.8) is 0 Å². The highest BCUT2D eigenvalue weighted by Crippen LogP contribution is 2.10. The van der Waals surface area contributed by atoms with Crippen LogP contribution in [0.5, 0.6) is 0 Å². The number of furan rings is 1. The predicted molar refractivity (Wildman–Crippen MR) is 62.6 cm³/mol. The Balaban J connectivity index is 2.52. The molecule has 0 saturated carbocycles. The number of esters is 1. The smallest absolute Gasteiger partial charge is 0.341 e. The SMILES string of the molecule is COC(=O)c1coc(CNC(CO)C(C)C)c1. The summed E-state index contributed by atoms with van der Waals surface area (Å²) < 4.78 is 9.79. The molecule has 0 aromatic carbocycles. The van der Waals surface area contributed by atoms with Gasteiger partial charge in [-0.1, -0.05) is 13.8 Å². The number of carbonyl (C=O) groups is 1. The monoisotopic (exact) mass is 241 g/mol. The van der Waals surface area contributed by atoms with Crippen LogP contribution in [0, 0.1) is 5.92 Å². The second kappa shape index (κ2) is 6.42. The van der Waals surface area contributed by atoms with E-state index in [4.69, 9.17) is 9.52 Å². The lowest BCUT2D eigenvalue weighted by atomic mass is 10.1. The Labute approximate surface area is 101 Å². The van der Waals surface area contributed by atoms with Crippen LogP contribution < -0.4 is 5.32 Å². The molecule has 2 N–H and O–H groups in total. The molecule has 1 aromatic heterocycles. The fraction of sp³-hybridized carbons (Fsp3) is 0.583. The molecule has 1 heterocycles. The number of hydrogen-bond acceptors (Lipinski definition) is 5. The van der Waals surface area contributed by atoms with Gasteiger partial charge in [0.05, 0.1) is 25.8 Å². The molecule has 0 saturated heterocycles. The van der Waals surface area contributed by atoms with Gasteiger partial charge in [0.1, 0.15) is 12.0 Å². The van der Waals surface area contributed by atoms with E-state index in [2.05, 4.69) is 10.1 Å². The van der Waals surface area contributed by atoms with Crippen molar-refractivity contribution in [2.45, 2.75) is 26.4 Å². The fourth-order valence-electron chi connectivity index (χ4n) is 1.44. The summed E-state index contributed by atoms with van der Waals surface area (Å²) >= 11 is 0. The van der Waals surface area contributed by atoms with E-state index in [9.17, 15) is 4.79 Å². The number of carbonyl (C=O) groups excluding carboxylic acids is 1. The van der Waals surface area contributed by atoms with Crippen molar-refractivity contribution in [3.8, 4) is 0 Å². The minimum Gasteiger partial charge on any atom is -0.467 e. The molecular weight excluding hydrogens is 222 g/mol. The quantitative estimate of drug-likeness (QED) is 0.731. The molecule has 0 radical (unpaired) electrons. The molecule has 1 atom stereocenters. The van der Waals surface area contributed by atoms with Gasteiger partial charge in [-0.2, -0.15) is 0 Å². The molecule has 1 unspecified atom stereocenters. The Bertz CT molecular complexity index is 359. The number of aliphatic hydroxyl groups is 1. The van der Waals surface area contributed by atoms with Crippen molar-refractivity contribution in [1.29, 1.82) is 0 Å². The largest absolute Gasteiger partial charge is 0.467 e. The minimum absolute atomic E-state index is 0.0154. The summed E-state index contributed by atoms with van der Waals surface area (Å²) in [5.74, 6) is 0.558. The van der Waals surface area contributed by atoms with Gasteiger partial charge >= 0.3 is 5.97 Å². The first-order valence-corrected chi connectivity index (χ1v) is 5.58. The molecule has 96 valence electrons. The highest BCUT2D eigenvalue weighted by Gasteiger charge is 2.14. The molecule has 1 aromatic rings. The molecule has 5 heteroatoms. The maximum atomic E-state index is 11.2. The lowest BCUT2D eigenvalue weighted by molar-refractivity contribution is 0.0600. The van der Waals surface area contributed by atoms with Crippen LogP contribution in [0.15, 0.2) is 16.7 Å². The summed E-state index contributed by atoms with van der Waals surface area (Å²) in [5, 5.41) is 12.3. The first-order chi connectivity index (χ1) is 8.08. The van der Waals surface area contributed by atoms with E-state index < -0.39 is 5.97 Å². The first-order valence-electron chi connectivity index (χ1n) is 5.58. The molecule has 0 amide bonds. The predicted octanol–water partition coefficient (Wildman–Crippen LogP) is 1.17. The van der Waals surface area contributed by atoms with Crippen molar-refractivity contribution in [1.82, 2.24) is 5.32 Å². The Hall–Kier alpha value is -1.33. The van der Waals surface area contributed by atoms with Crippen molar-refractivity contribution < 1.29 is 19.1 Å². The molecule has 0 aliphatic rings. The van der Waals surface area contributed by atoms with Gasteiger partial charge in [-0.05, 0) is 12.0 Å². The van der Waals surface area contributed by atoms with Crippen molar-refractivity contribution in [2.75, 3.05) is 13.7 Å². The van der Waals surface area contributed by atoms with Crippen LogP contribution >= 0.6 is 0 Å². The van der Waals surface area contributed by atoms with E-state index in [0.29, 0.717) is 23.8 Å². The van der Waals surface area contributed by atoms with Gasteiger partial charge in [0.2, 0.25) is 0 Å². The number of hydrogen-bond donors (Lipinski definition) is 2.